The Kier molecular flexibility index (Phi) is 5.67. The van der Waals surface area contributed by atoms with Crippen LogP contribution in [-0.4, -0.2) is 52.4 Å². The lowest BCUT2D eigenvalue weighted by Crippen LogP contribution is -2.41. The Labute approximate surface area is 178 Å². The number of morpholine rings is 1. The highest BCUT2D eigenvalue weighted by atomic mass is 32.2. The van der Waals surface area contributed by atoms with Gasteiger partial charge in [-0.1, -0.05) is 24.6 Å². The Bertz CT molecular complexity index is 972. The van der Waals surface area contributed by atoms with Crippen LogP contribution in [0.2, 0.25) is 0 Å². The van der Waals surface area contributed by atoms with E-state index in [1.54, 1.807) is 11.3 Å². The molecule has 5 rings (SSSR count). The average Bonchev–Trinajstić information content (AvgIpc) is 3.40. The summed E-state index contributed by atoms with van der Waals surface area (Å²) in [5.74, 6) is 0.437. The Balaban J connectivity index is 1.50. The predicted molar refractivity (Wildman–Crippen MR) is 116 cm³/mol. The molecule has 6 nitrogen and oxygen atoms in total. The van der Waals surface area contributed by atoms with Crippen LogP contribution in [0.5, 0.6) is 0 Å². The van der Waals surface area contributed by atoms with Gasteiger partial charge in [-0.15, -0.1) is 11.3 Å². The molecule has 2 aliphatic carbocycles. The highest BCUT2D eigenvalue weighted by Crippen LogP contribution is 2.37. The Hall–Kier alpha value is -1.38. The molecule has 2 fully saturated rings. The maximum Gasteiger partial charge on any atom is 0.263 e. The van der Waals surface area contributed by atoms with Gasteiger partial charge >= 0.3 is 0 Å². The van der Waals surface area contributed by atoms with Gasteiger partial charge in [-0.3, -0.25) is 14.2 Å². The standard InChI is InChI=1S/C21H27N3O3S2/c25-17(23-9-11-27-12-10-23)13-28-21-22-19-18(15-7-3-4-8-16(15)29-19)20(26)24(21)14-5-1-2-6-14/h14H,1-13H2. The molecule has 0 atom stereocenters. The summed E-state index contributed by atoms with van der Waals surface area (Å²) in [5, 5.41) is 1.59. The quantitative estimate of drug-likeness (QED) is 0.546. The van der Waals surface area contributed by atoms with Crippen LogP contribution in [0.15, 0.2) is 9.95 Å². The lowest BCUT2D eigenvalue weighted by molar-refractivity contribution is -0.132. The van der Waals surface area contributed by atoms with E-state index in [1.165, 1.54) is 28.6 Å². The molecule has 0 N–H and O–H groups in total. The van der Waals surface area contributed by atoms with Gasteiger partial charge in [-0.2, -0.15) is 0 Å². The molecule has 1 aliphatic heterocycles. The molecule has 156 valence electrons. The van der Waals surface area contributed by atoms with Gasteiger partial charge in [0.15, 0.2) is 5.16 Å². The van der Waals surface area contributed by atoms with E-state index in [0.717, 1.165) is 60.3 Å². The van der Waals surface area contributed by atoms with Crippen molar-refractivity contribution in [3.05, 3.63) is 20.8 Å². The summed E-state index contributed by atoms with van der Waals surface area (Å²) in [6.07, 6.45) is 8.81. The zero-order valence-electron chi connectivity index (χ0n) is 16.7. The first-order valence-corrected chi connectivity index (χ1v) is 12.6. The van der Waals surface area contributed by atoms with Gasteiger partial charge in [0.1, 0.15) is 4.83 Å². The van der Waals surface area contributed by atoms with Crippen LogP contribution in [0, 0.1) is 0 Å². The van der Waals surface area contributed by atoms with Crippen molar-refractivity contribution in [1.82, 2.24) is 14.5 Å². The summed E-state index contributed by atoms with van der Waals surface area (Å²) in [7, 11) is 0. The third-order valence-electron chi connectivity index (χ3n) is 6.37. The van der Waals surface area contributed by atoms with Crippen molar-refractivity contribution in [2.24, 2.45) is 0 Å². The topological polar surface area (TPSA) is 64.4 Å². The maximum atomic E-state index is 13.6. The van der Waals surface area contributed by atoms with E-state index in [4.69, 9.17) is 9.72 Å². The number of thiophene rings is 1. The number of ether oxygens (including phenoxy) is 1. The summed E-state index contributed by atoms with van der Waals surface area (Å²) in [6.45, 7) is 2.51. The molecule has 0 spiro atoms. The molecule has 29 heavy (non-hydrogen) atoms. The van der Waals surface area contributed by atoms with Crippen LogP contribution < -0.4 is 5.56 Å². The average molecular weight is 434 g/mol. The Morgan fingerprint density at radius 1 is 1.14 bits per heavy atom. The molecule has 0 aromatic carbocycles. The van der Waals surface area contributed by atoms with E-state index in [1.807, 2.05) is 9.47 Å². The number of carbonyl (C=O) groups is 1. The SMILES string of the molecule is O=C(CSc1nc2sc3c(c2c(=O)n1C1CCCC1)CCCC3)N1CCOCC1. The lowest BCUT2D eigenvalue weighted by atomic mass is 9.97. The van der Waals surface area contributed by atoms with Gasteiger partial charge in [0, 0.05) is 24.0 Å². The molecule has 8 heteroatoms. The molecule has 2 aromatic rings. The van der Waals surface area contributed by atoms with Gasteiger partial charge in [0.2, 0.25) is 5.91 Å². The van der Waals surface area contributed by atoms with Crippen LogP contribution in [0.1, 0.15) is 55.0 Å². The molecule has 3 aliphatic rings. The third kappa shape index (κ3) is 3.75. The smallest absolute Gasteiger partial charge is 0.263 e. The van der Waals surface area contributed by atoms with Crippen molar-refractivity contribution in [2.45, 2.75) is 62.6 Å². The number of amides is 1. The van der Waals surface area contributed by atoms with Crippen LogP contribution in [0.3, 0.4) is 0 Å². The van der Waals surface area contributed by atoms with Crippen molar-refractivity contribution in [3.8, 4) is 0 Å². The molecular formula is C21H27N3O3S2. The zero-order chi connectivity index (χ0) is 19.8. The first kappa shape index (κ1) is 19.6. The summed E-state index contributed by atoms with van der Waals surface area (Å²) >= 11 is 3.13. The minimum Gasteiger partial charge on any atom is -0.378 e. The number of aromatic nitrogens is 2. The molecule has 0 bridgehead atoms. The van der Waals surface area contributed by atoms with E-state index < -0.39 is 0 Å². The largest absolute Gasteiger partial charge is 0.378 e. The first-order chi connectivity index (χ1) is 14.2. The van der Waals surface area contributed by atoms with Crippen LogP contribution >= 0.6 is 23.1 Å². The van der Waals surface area contributed by atoms with Crippen molar-refractivity contribution in [2.75, 3.05) is 32.1 Å². The van der Waals surface area contributed by atoms with Crippen molar-refractivity contribution in [1.29, 1.82) is 0 Å². The number of rotatable bonds is 4. The summed E-state index contributed by atoms with van der Waals surface area (Å²) in [6, 6.07) is 0.222. The highest BCUT2D eigenvalue weighted by molar-refractivity contribution is 7.99. The number of thioether (sulfide) groups is 1. The summed E-state index contributed by atoms with van der Waals surface area (Å²) in [4.78, 5) is 35.3. The molecule has 1 amide bonds. The molecule has 3 heterocycles. The third-order valence-corrected chi connectivity index (χ3v) is 8.49. The molecule has 1 saturated carbocycles. The van der Waals surface area contributed by atoms with Gasteiger partial charge in [-0.25, -0.2) is 4.98 Å². The van der Waals surface area contributed by atoms with Crippen LogP contribution in [0.25, 0.3) is 10.2 Å². The second kappa shape index (κ2) is 8.40. The molecule has 1 saturated heterocycles. The Morgan fingerprint density at radius 3 is 2.69 bits per heavy atom. The minimum atomic E-state index is 0.107. The van der Waals surface area contributed by atoms with Crippen LogP contribution in [0.4, 0.5) is 0 Å². The van der Waals surface area contributed by atoms with Gasteiger partial charge < -0.3 is 9.64 Å². The number of carbonyl (C=O) groups excluding carboxylic acids is 1. The number of aryl methyl sites for hydroxylation is 2. The van der Waals surface area contributed by atoms with Crippen LogP contribution in [-0.2, 0) is 22.4 Å². The first-order valence-electron chi connectivity index (χ1n) is 10.8. The van der Waals surface area contributed by atoms with Crippen molar-refractivity contribution >= 4 is 39.2 Å². The van der Waals surface area contributed by atoms with E-state index >= 15 is 0 Å². The normalized spacial score (nSPS) is 20.3. The molecule has 0 unspecified atom stereocenters. The summed E-state index contributed by atoms with van der Waals surface area (Å²) in [5.41, 5.74) is 1.38. The fourth-order valence-corrected chi connectivity index (χ4v) is 7.09. The van der Waals surface area contributed by atoms with Gasteiger partial charge in [0.25, 0.3) is 5.56 Å². The number of nitrogens with zero attached hydrogens (tertiary/aromatic N) is 3. The van der Waals surface area contributed by atoms with Gasteiger partial charge in [-0.05, 0) is 44.1 Å². The van der Waals surface area contributed by atoms with E-state index in [0.29, 0.717) is 32.1 Å². The number of hydrogen-bond acceptors (Lipinski definition) is 6. The van der Waals surface area contributed by atoms with Crippen molar-refractivity contribution < 1.29 is 9.53 Å². The molecule has 2 aromatic heterocycles. The molecular weight excluding hydrogens is 406 g/mol. The monoisotopic (exact) mass is 433 g/mol. The summed E-state index contributed by atoms with van der Waals surface area (Å²) < 4.78 is 7.28. The number of fused-ring (bicyclic) bond motifs is 3. The van der Waals surface area contributed by atoms with E-state index in [2.05, 4.69) is 0 Å². The fraction of sp³-hybridized carbons (Fsp3) is 0.667. The second-order valence-corrected chi connectivity index (χ2v) is 10.2. The number of hydrogen-bond donors (Lipinski definition) is 0. The Morgan fingerprint density at radius 2 is 1.90 bits per heavy atom. The van der Waals surface area contributed by atoms with Gasteiger partial charge in [0.05, 0.1) is 24.4 Å². The zero-order valence-corrected chi connectivity index (χ0v) is 18.3. The van der Waals surface area contributed by atoms with E-state index in [-0.39, 0.29) is 17.5 Å². The predicted octanol–water partition coefficient (Wildman–Crippen LogP) is 3.40. The fourth-order valence-electron chi connectivity index (χ4n) is 4.82. The highest BCUT2D eigenvalue weighted by Gasteiger charge is 2.27. The van der Waals surface area contributed by atoms with E-state index in [9.17, 15) is 9.59 Å². The maximum absolute atomic E-state index is 13.6. The van der Waals surface area contributed by atoms with Crippen molar-refractivity contribution in [3.63, 3.8) is 0 Å². The lowest BCUT2D eigenvalue weighted by Gasteiger charge is -2.27. The second-order valence-electron chi connectivity index (χ2n) is 8.18. The molecule has 0 radical (unpaired) electrons. The minimum absolute atomic E-state index is 0.107.